The third-order valence-electron chi connectivity index (χ3n) is 3.80. The van der Waals surface area contributed by atoms with Gasteiger partial charge in [-0.3, -0.25) is 4.79 Å². The van der Waals surface area contributed by atoms with Crippen molar-refractivity contribution in [2.45, 2.75) is 12.7 Å². The fraction of sp³-hybridized carbons (Fsp3) is 0.176. The van der Waals surface area contributed by atoms with Gasteiger partial charge in [0, 0.05) is 6.54 Å². The highest BCUT2D eigenvalue weighted by molar-refractivity contribution is 6.40. The van der Waals surface area contributed by atoms with Crippen LogP contribution >= 0.6 is 23.2 Å². The molecule has 0 atom stereocenters. The first-order chi connectivity index (χ1) is 12.7. The number of nitrogens with one attached hydrogen (secondary N) is 1. The third kappa shape index (κ3) is 3.73. The van der Waals surface area contributed by atoms with E-state index in [2.05, 4.69) is 10.3 Å². The maximum Gasteiger partial charge on any atom is 0.449 e. The minimum Gasteiger partial charge on any atom is -0.395 e. The molecule has 27 heavy (non-hydrogen) atoms. The first-order valence-corrected chi connectivity index (χ1v) is 8.42. The number of para-hydroxylation sites is 2. The molecule has 5 nitrogen and oxygen atoms in total. The van der Waals surface area contributed by atoms with Gasteiger partial charge in [0.25, 0.3) is 5.91 Å². The number of fused-ring (bicyclic) bond motifs is 1. The van der Waals surface area contributed by atoms with Crippen LogP contribution in [0.15, 0.2) is 36.4 Å². The Balaban J connectivity index is 2.11. The van der Waals surface area contributed by atoms with Crippen LogP contribution in [0.2, 0.25) is 10.0 Å². The number of anilines is 1. The lowest BCUT2D eigenvalue weighted by Gasteiger charge is -2.10. The van der Waals surface area contributed by atoms with E-state index in [1.54, 1.807) is 6.07 Å². The number of imidazole rings is 1. The molecule has 0 fully saturated rings. The monoisotopic (exact) mass is 417 g/mol. The number of rotatable bonds is 4. The molecule has 1 amide bonds. The van der Waals surface area contributed by atoms with Gasteiger partial charge in [0.05, 0.1) is 33.4 Å². The van der Waals surface area contributed by atoms with Gasteiger partial charge in [-0.05, 0) is 24.3 Å². The van der Waals surface area contributed by atoms with Crippen molar-refractivity contribution in [1.82, 2.24) is 9.55 Å². The van der Waals surface area contributed by atoms with Crippen LogP contribution < -0.4 is 5.32 Å². The summed E-state index contributed by atoms with van der Waals surface area (Å²) in [7, 11) is 0. The summed E-state index contributed by atoms with van der Waals surface area (Å²) in [4.78, 5) is 16.3. The third-order valence-corrected chi connectivity index (χ3v) is 4.43. The molecule has 3 rings (SSSR count). The summed E-state index contributed by atoms with van der Waals surface area (Å²) in [6.45, 7) is -0.826. The second-order valence-corrected chi connectivity index (χ2v) is 6.35. The van der Waals surface area contributed by atoms with Gasteiger partial charge in [0.15, 0.2) is 0 Å². The number of hydrogen-bond acceptors (Lipinski definition) is 3. The van der Waals surface area contributed by atoms with Crippen molar-refractivity contribution in [3.8, 4) is 0 Å². The fourth-order valence-electron chi connectivity index (χ4n) is 2.67. The maximum atomic E-state index is 13.3. The lowest BCUT2D eigenvalue weighted by atomic mass is 10.1. The second-order valence-electron chi connectivity index (χ2n) is 5.53. The van der Waals surface area contributed by atoms with Gasteiger partial charge in [0.2, 0.25) is 5.82 Å². The van der Waals surface area contributed by atoms with E-state index in [0.29, 0.717) is 0 Å². The number of aromatic nitrogens is 2. The van der Waals surface area contributed by atoms with E-state index in [1.807, 2.05) is 0 Å². The van der Waals surface area contributed by atoms with Crippen LogP contribution in [-0.4, -0.2) is 27.2 Å². The predicted molar refractivity (Wildman–Crippen MR) is 96.2 cm³/mol. The van der Waals surface area contributed by atoms with E-state index < -0.39 is 24.5 Å². The maximum absolute atomic E-state index is 13.3. The number of amides is 1. The zero-order chi connectivity index (χ0) is 19.8. The van der Waals surface area contributed by atoms with Crippen molar-refractivity contribution in [3.05, 3.63) is 57.8 Å². The summed E-state index contributed by atoms with van der Waals surface area (Å²) in [5.74, 6) is -1.90. The van der Waals surface area contributed by atoms with Crippen molar-refractivity contribution in [1.29, 1.82) is 0 Å². The Morgan fingerprint density at radius 2 is 1.78 bits per heavy atom. The molecule has 1 heterocycles. The van der Waals surface area contributed by atoms with E-state index in [0.717, 1.165) is 4.57 Å². The van der Waals surface area contributed by atoms with Crippen LogP contribution in [0.1, 0.15) is 16.2 Å². The molecule has 2 aromatic carbocycles. The molecular formula is C17H12Cl2F3N3O2. The molecule has 0 aliphatic carbocycles. The zero-order valence-electron chi connectivity index (χ0n) is 13.5. The van der Waals surface area contributed by atoms with Gasteiger partial charge in [-0.1, -0.05) is 35.3 Å². The Kier molecular flexibility index (Phi) is 5.32. The summed E-state index contributed by atoms with van der Waals surface area (Å²) in [5, 5.41) is 12.0. The number of carbonyl (C=O) groups excluding carboxylic acids is 1. The number of carbonyl (C=O) groups is 1. The van der Waals surface area contributed by atoms with Gasteiger partial charge in [0.1, 0.15) is 5.52 Å². The van der Waals surface area contributed by atoms with Crippen molar-refractivity contribution in [3.63, 3.8) is 0 Å². The highest BCUT2D eigenvalue weighted by Gasteiger charge is 2.38. The van der Waals surface area contributed by atoms with Gasteiger partial charge in [-0.2, -0.15) is 13.2 Å². The molecule has 0 radical (unpaired) electrons. The lowest BCUT2D eigenvalue weighted by Crippen LogP contribution is -2.16. The fourth-order valence-corrected chi connectivity index (χ4v) is 3.16. The van der Waals surface area contributed by atoms with Crippen LogP contribution in [0.4, 0.5) is 18.9 Å². The number of hydrogen-bond donors (Lipinski definition) is 2. The van der Waals surface area contributed by atoms with Gasteiger partial charge in [-0.15, -0.1) is 0 Å². The number of benzene rings is 2. The van der Waals surface area contributed by atoms with Gasteiger partial charge < -0.3 is 15.0 Å². The standard InChI is InChI=1S/C17H12Cl2F3N3O2/c18-10-4-2-5-11(19)14(10)23-15(27)9-3-1-6-12-13(9)24-16(17(20,21)22)25(12)7-8-26/h1-6,26H,7-8H2,(H,23,27). The average molecular weight is 418 g/mol. The predicted octanol–water partition coefficient (Wildman–Crippen LogP) is 4.61. The first kappa shape index (κ1) is 19.5. The summed E-state index contributed by atoms with van der Waals surface area (Å²) in [6.07, 6.45) is -4.74. The molecule has 142 valence electrons. The quantitative estimate of drug-likeness (QED) is 0.651. The molecule has 0 bridgehead atoms. The number of halogens is 5. The number of nitrogens with zero attached hydrogens (tertiary/aromatic N) is 2. The topological polar surface area (TPSA) is 67.2 Å². The van der Waals surface area contributed by atoms with Crippen LogP contribution in [0.25, 0.3) is 11.0 Å². The molecule has 0 saturated carbocycles. The van der Waals surface area contributed by atoms with Crippen molar-refractivity contribution in [2.24, 2.45) is 0 Å². The highest BCUT2D eigenvalue weighted by atomic mass is 35.5. The van der Waals surface area contributed by atoms with Gasteiger partial charge in [-0.25, -0.2) is 4.98 Å². The molecule has 0 spiro atoms. The Morgan fingerprint density at radius 3 is 2.37 bits per heavy atom. The van der Waals surface area contributed by atoms with Crippen molar-refractivity contribution in [2.75, 3.05) is 11.9 Å². The lowest BCUT2D eigenvalue weighted by molar-refractivity contribution is -0.147. The number of aliphatic hydroxyl groups is 1. The van der Waals surface area contributed by atoms with E-state index in [9.17, 15) is 18.0 Å². The molecule has 2 N–H and O–H groups in total. The summed E-state index contributed by atoms with van der Waals surface area (Å²) in [6, 6.07) is 8.79. The van der Waals surface area contributed by atoms with Crippen LogP contribution in [0.3, 0.4) is 0 Å². The Bertz CT molecular complexity index is 998. The van der Waals surface area contributed by atoms with Crippen molar-refractivity contribution >= 4 is 45.8 Å². The molecular weight excluding hydrogens is 406 g/mol. The van der Waals surface area contributed by atoms with E-state index in [-0.39, 0.29) is 38.9 Å². The molecule has 3 aromatic rings. The molecule has 0 aliphatic rings. The number of alkyl halides is 3. The Morgan fingerprint density at radius 1 is 1.15 bits per heavy atom. The van der Waals surface area contributed by atoms with E-state index in [1.165, 1.54) is 30.3 Å². The van der Waals surface area contributed by atoms with Gasteiger partial charge >= 0.3 is 6.18 Å². The van der Waals surface area contributed by atoms with Crippen LogP contribution in [-0.2, 0) is 12.7 Å². The molecule has 0 unspecified atom stereocenters. The summed E-state index contributed by atoms with van der Waals surface area (Å²) < 4.78 is 40.7. The first-order valence-electron chi connectivity index (χ1n) is 7.66. The normalized spacial score (nSPS) is 11.8. The Hall–Kier alpha value is -2.29. The largest absolute Gasteiger partial charge is 0.449 e. The molecule has 1 aromatic heterocycles. The van der Waals surface area contributed by atoms with Crippen LogP contribution in [0.5, 0.6) is 0 Å². The second kappa shape index (κ2) is 7.38. The summed E-state index contributed by atoms with van der Waals surface area (Å²) >= 11 is 12.0. The smallest absolute Gasteiger partial charge is 0.395 e. The summed E-state index contributed by atoms with van der Waals surface area (Å²) in [5.41, 5.74) is 0.00702. The Labute approximate surface area is 161 Å². The van der Waals surface area contributed by atoms with E-state index >= 15 is 0 Å². The minimum absolute atomic E-state index is 0.0780. The number of aliphatic hydroxyl groups excluding tert-OH is 1. The van der Waals surface area contributed by atoms with Crippen molar-refractivity contribution < 1.29 is 23.1 Å². The molecule has 10 heteroatoms. The SMILES string of the molecule is O=C(Nc1c(Cl)cccc1Cl)c1cccc2c1nc(C(F)(F)F)n2CCO. The zero-order valence-corrected chi connectivity index (χ0v) is 15.0. The average Bonchev–Trinajstić information content (AvgIpc) is 2.97. The van der Waals surface area contributed by atoms with Crippen LogP contribution in [0, 0.1) is 0 Å². The highest BCUT2D eigenvalue weighted by Crippen LogP contribution is 2.34. The molecule has 0 aliphatic heterocycles. The minimum atomic E-state index is -4.74. The molecule has 0 saturated heterocycles. The van der Waals surface area contributed by atoms with E-state index in [4.69, 9.17) is 28.3 Å².